The van der Waals surface area contributed by atoms with E-state index in [4.69, 9.17) is 11.6 Å². The first-order chi connectivity index (χ1) is 8.75. The molecular weight excluding hydrogens is 286 g/mol. The number of halogens is 1. The van der Waals surface area contributed by atoms with Crippen LogP contribution in [-0.4, -0.2) is 35.4 Å². The molecule has 1 fully saturated rings. The van der Waals surface area contributed by atoms with Crippen molar-refractivity contribution in [2.45, 2.75) is 39.2 Å². The number of hydrogen-bond acceptors (Lipinski definition) is 5. The zero-order valence-corrected chi connectivity index (χ0v) is 12.9. The number of sulfone groups is 1. The fourth-order valence-electron chi connectivity index (χ4n) is 2.21. The first kappa shape index (κ1) is 14.5. The molecule has 1 unspecified atom stereocenters. The first-order valence-electron chi connectivity index (χ1n) is 6.26. The normalized spacial score (nSPS) is 25.5. The number of aromatic nitrogens is 2. The Hall–Kier alpha value is -0.880. The largest absolute Gasteiger partial charge is 0.363 e. The van der Waals surface area contributed by atoms with Crippen LogP contribution >= 0.6 is 11.6 Å². The van der Waals surface area contributed by atoms with Crippen LogP contribution < -0.4 is 5.32 Å². The van der Waals surface area contributed by atoms with E-state index in [1.54, 1.807) is 0 Å². The molecule has 2 heterocycles. The SMILES string of the molecule is CCc1nc(Cl)c(C)c(NC2(C)CCS(=O)(=O)C2)n1. The van der Waals surface area contributed by atoms with Crippen molar-refractivity contribution in [1.82, 2.24) is 9.97 Å². The van der Waals surface area contributed by atoms with Crippen molar-refractivity contribution in [3.8, 4) is 0 Å². The lowest BCUT2D eigenvalue weighted by Crippen LogP contribution is -2.36. The summed E-state index contributed by atoms with van der Waals surface area (Å²) in [7, 11) is -2.95. The van der Waals surface area contributed by atoms with Gasteiger partial charge in [-0.1, -0.05) is 18.5 Å². The fraction of sp³-hybridized carbons (Fsp3) is 0.667. The summed E-state index contributed by atoms with van der Waals surface area (Å²) in [6, 6.07) is 0. The zero-order chi connectivity index (χ0) is 14.3. The van der Waals surface area contributed by atoms with Crippen molar-refractivity contribution in [1.29, 1.82) is 0 Å². The molecule has 0 radical (unpaired) electrons. The molecule has 106 valence electrons. The first-order valence-corrected chi connectivity index (χ1v) is 8.46. The number of anilines is 1. The van der Waals surface area contributed by atoms with Gasteiger partial charge in [-0.15, -0.1) is 0 Å². The molecule has 0 bridgehead atoms. The summed E-state index contributed by atoms with van der Waals surface area (Å²) in [6.45, 7) is 5.68. The maximum Gasteiger partial charge on any atom is 0.152 e. The van der Waals surface area contributed by atoms with Gasteiger partial charge in [-0.25, -0.2) is 18.4 Å². The molecule has 19 heavy (non-hydrogen) atoms. The Bertz CT molecular complexity index is 603. The van der Waals surface area contributed by atoms with Crippen LogP contribution in [0.15, 0.2) is 0 Å². The molecule has 2 rings (SSSR count). The van der Waals surface area contributed by atoms with Crippen LogP contribution in [0.4, 0.5) is 5.82 Å². The van der Waals surface area contributed by atoms with E-state index in [0.717, 1.165) is 5.56 Å². The minimum atomic E-state index is -2.95. The smallest absolute Gasteiger partial charge is 0.152 e. The second-order valence-electron chi connectivity index (χ2n) is 5.29. The average molecular weight is 304 g/mol. The van der Waals surface area contributed by atoms with Gasteiger partial charge in [0, 0.05) is 12.0 Å². The van der Waals surface area contributed by atoms with Gasteiger partial charge in [0.1, 0.15) is 16.8 Å². The number of nitrogens with zero attached hydrogens (tertiary/aromatic N) is 2. The van der Waals surface area contributed by atoms with Crippen LogP contribution in [-0.2, 0) is 16.3 Å². The van der Waals surface area contributed by atoms with E-state index in [2.05, 4.69) is 15.3 Å². The van der Waals surface area contributed by atoms with Crippen LogP contribution in [0.1, 0.15) is 31.7 Å². The van der Waals surface area contributed by atoms with Crippen molar-refractivity contribution in [3.63, 3.8) is 0 Å². The Kier molecular flexibility index (Phi) is 3.75. The summed E-state index contributed by atoms with van der Waals surface area (Å²) in [5, 5.41) is 3.66. The Morgan fingerprint density at radius 1 is 1.42 bits per heavy atom. The predicted octanol–water partition coefficient (Wildman–Crippen LogP) is 1.99. The molecular formula is C12H18ClN3O2S. The fourth-order valence-corrected chi connectivity index (χ4v) is 4.49. The van der Waals surface area contributed by atoms with Crippen LogP contribution in [0.3, 0.4) is 0 Å². The molecule has 0 aromatic carbocycles. The summed E-state index contributed by atoms with van der Waals surface area (Å²) < 4.78 is 23.2. The molecule has 1 N–H and O–H groups in total. The van der Waals surface area contributed by atoms with E-state index in [1.165, 1.54) is 0 Å². The second kappa shape index (κ2) is 4.90. The Morgan fingerprint density at radius 2 is 2.11 bits per heavy atom. The van der Waals surface area contributed by atoms with Gasteiger partial charge in [0.05, 0.1) is 17.0 Å². The minimum absolute atomic E-state index is 0.128. The lowest BCUT2D eigenvalue weighted by molar-refractivity contribution is 0.570. The van der Waals surface area contributed by atoms with Crippen molar-refractivity contribution >= 4 is 27.3 Å². The summed E-state index contributed by atoms with van der Waals surface area (Å²) in [5.41, 5.74) is 0.274. The summed E-state index contributed by atoms with van der Waals surface area (Å²) in [6.07, 6.45) is 1.27. The van der Waals surface area contributed by atoms with Crippen LogP contribution in [0.25, 0.3) is 0 Å². The third kappa shape index (κ3) is 3.17. The number of aryl methyl sites for hydroxylation is 1. The highest BCUT2D eigenvalue weighted by atomic mass is 35.5. The van der Waals surface area contributed by atoms with Gasteiger partial charge in [0.2, 0.25) is 0 Å². The van der Waals surface area contributed by atoms with Crippen molar-refractivity contribution in [2.75, 3.05) is 16.8 Å². The molecule has 0 spiro atoms. The number of nitrogens with one attached hydrogen (secondary N) is 1. The molecule has 1 aromatic rings. The molecule has 1 atom stereocenters. The third-order valence-electron chi connectivity index (χ3n) is 3.37. The van der Waals surface area contributed by atoms with E-state index in [-0.39, 0.29) is 11.5 Å². The maximum absolute atomic E-state index is 11.6. The van der Waals surface area contributed by atoms with Gasteiger partial charge in [0.15, 0.2) is 9.84 Å². The van der Waals surface area contributed by atoms with E-state index in [1.807, 2.05) is 20.8 Å². The van der Waals surface area contributed by atoms with Crippen LogP contribution in [0, 0.1) is 6.92 Å². The second-order valence-corrected chi connectivity index (χ2v) is 7.83. The van der Waals surface area contributed by atoms with Gasteiger partial charge < -0.3 is 5.32 Å². The third-order valence-corrected chi connectivity index (χ3v) is 5.64. The molecule has 7 heteroatoms. The highest BCUT2D eigenvalue weighted by molar-refractivity contribution is 7.91. The molecule has 0 aliphatic carbocycles. The van der Waals surface area contributed by atoms with E-state index < -0.39 is 15.4 Å². The van der Waals surface area contributed by atoms with Gasteiger partial charge in [-0.2, -0.15) is 0 Å². The lowest BCUT2D eigenvalue weighted by Gasteiger charge is -2.26. The van der Waals surface area contributed by atoms with Gasteiger partial charge >= 0.3 is 0 Å². The Morgan fingerprint density at radius 3 is 2.63 bits per heavy atom. The molecule has 1 saturated heterocycles. The van der Waals surface area contributed by atoms with Crippen molar-refractivity contribution < 1.29 is 8.42 Å². The monoisotopic (exact) mass is 303 g/mol. The molecule has 1 aliphatic rings. The quantitative estimate of drug-likeness (QED) is 0.865. The lowest BCUT2D eigenvalue weighted by atomic mass is 10.0. The molecule has 0 saturated carbocycles. The van der Waals surface area contributed by atoms with Crippen molar-refractivity contribution in [2.24, 2.45) is 0 Å². The van der Waals surface area contributed by atoms with Gasteiger partial charge in [-0.3, -0.25) is 0 Å². The summed E-state index contributed by atoms with van der Waals surface area (Å²) in [5.74, 6) is 1.64. The standard InChI is InChI=1S/C12H18ClN3O2S/c1-4-9-14-10(13)8(2)11(15-9)16-12(3)5-6-19(17,18)7-12/h4-7H2,1-3H3,(H,14,15,16). The van der Waals surface area contributed by atoms with E-state index >= 15 is 0 Å². The van der Waals surface area contributed by atoms with Crippen LogP contribution in [0.5, 0.6) is 0 Å². The highest BCUT2D eigenvalue weighted by Gasteiger charge is 2.38. The summed E-state index contributed by atoms with van der Waals surface area (Å²) >= 11 is 6.08. The maximum atomic E-state index is 11.6. The average Bonchev–Trinajstić information content (AvgIpc) is 2.59. The van der Waals surface area contributed by atoms with Gasteiger partial charge in [0.25, 0.3) is 0 Å². The minimum Gasteiger partial charge on any atom is -0.363 e. The topological polar surface area (TPSA) is 72.0 Å². The van der Waals surface area contributed by atoms with Crippen molar-refractivity contribution in [3.05, 3.63) is 16.5 Å². The van der Waals surface area contributed by atoms with E-state index in [9.17, 15) is 8.42 Å². The Labute approximate surface area is 118 Å². The molecule has 0 amide bonds. The van der Waals surface area contributed by atoms with E-state index in [0.29, 0.717) is 29.6 Å². The number of rotatable bonds is 3. The summed E-state index contributed by atoms with van der Waals surface area (Å²) in [4.78, 5) is 8.58. The molecule has 1 aliphatic heterocycles. The molecule has 5 nitrogen and oxygen atoms in total. The Balaban J connectivity index is 2.31. The molecule has 1 aromatic heterocycles. The number of hydrogen-bond donors (Lipinski definition) is 1. The van der Waals surface area contributed by atoms with Gasteiger partial charge in [-0.05, 0) is 20.3 Å². The predicted molar refractivity (Wildman–Crippen MR) is 76.5 cm³/mol. The highest BCUT2D eigenvalue weighted by Crippen LogP contribution is 2.29. The zero-order valence-electron chi connectivity index (χ0n) is 11.3. The van der Waals surface area contributed by atoms with Crippen LogP contribution in [0.2, 0.25) is 5.15 Å².